The van der Waals surface area contributed by atoms with Gasteiger partial charge in [-0.05, 0) is 24.5 Å². The summed E-state index contributed by atoms with van der Waals surface area (Å²) in [6.45, 7) is 1.32. The van der Waals surface area contributed by atoms with E-state index in [0.29, 0.717) is 11.0 Å². The Hall–Kier alpha value is -3.38. The third kappa shape index (κ3) is 6.85. The minimum absolute atomic E-state index is 0.157. The van der Waals surface area contributed by atoms with Crippen LogP contribution < -0.4 is 11.0 Å². The Kier molecular flexibility index (Phi) is 9.48. The molecule has 3 atom stereocenters. The first kappa shape index (κ1) is 27.2. The van der Waals surface area contributed by atoms with E-state index in [4.69, 9.17) is 14.2 Å². The van der Waals surface area contributed by atoms with Crippen molar-refractivity contribution in [2.24, 2.45) is 0 Å². The van der Waals surface area contributed by atoms with Crippen LogP contribution in [0.15, 0.2) is 47.4 Å². The summed E-state index contributed by atoms with van der Waals surface area (Å²) in [6, 6.07) is 10.1. The smallest absolute Gasteiger partial charge is 0.412 e. The van der Waals surface area contributed by atoms with Gasteiger partial charge in [0.05, 0.1) is 13.2 Å². The predicted octanol–water partition coefficient (Wildman–Crippen LogP) is 3.05. The van der Waals surface area contributed by atoms with Crippen LogP contribution in [-0.2, 0) is 25.4 Å². The molecule has 1 amide bonds. The summed E-state index contributed by atoms with van der Waals surface area (Å²) in [7, 11) is 0. The predicted molar refractivity (Wildman–Crippen MR) is 124 cm³/mol. The second-order valence-corrected chi connectivity index (χ2v) is 8.25. The Balaban J connectivity index is 1.65. The number of amides is 1. The highest BCUT2D eigenvalue weighted by atomic mass is 19.3. The number of esters is 1. The van der Waals surface area contributed by atoms with Crippen LogP contribution in [-0.4, -0.2) is 58.1 Å². The van der Waals surface area contributed by atoms with E-state index in [9.17, 15) is 19.5 Å². The SMILES string of the molecule is CCCCCOC(=O)Nc1ccn([C@@H]2O[C@H](CO)[C@@H](OC(=O)CCc3ccccc3)C2(F)F)c(=O)n1. The number of aromatic nitrogens is 2. The van der Waals surface area contributed by atoms with Gasteiger partial charge in [0.1, 0.15) is 11.9 Å². The summed E-state index contributed by atoms with van der Waals surface area (Å²) in [4.78, 5) is 40.1. The minimum atomic E-state index is -3.85. The molecule has 1 aromatic heterocycles. The summed E-state index contributed by atoms with van der Waals surface area (Å²) in [5.74, 6) is -4.94. The lowest BCUT2D eigenvalue weighted by Gasteiger charge is -2.24. The van der Waals surface area contributed by atoms with E-state index in [1.165, 1.54) is 0 Å². The van der Waals surface area contributed by atoms with Gasteiger partial charge in [0, 0.05) is 12.6 Å². The van der Waals surface area contributed by atoms with Gasteiger partial charge in [0.2, 0.25) is 6.23 Å². The number of unbranched alkanes of at least 4 members (excludes halogenated alkanes) is 2. The molecule has 0 unspecified atom stereocenters. The van der Waals surface area contributed by atoms with Gasteiger partial charge >= 0.3 is 23.7 Å². The quantitative estimate of drug-likeness (QED) is 0.349. The van der Waals surface area contributed by atoms with E-state index in [0.717, 1.165) is 30.7 Å². The number of carbonyl (C=O) groups is 2. The lowest BCUT2D eigenvalue weighted by Crippen LogP contribution is -2.44. The summed E-state index contributed by atoms with van der Waals surface area (Å²) in [5, 5.41) is 11.8. The fourth-order valence-electron chi connectivity index (χ4n) is 3.67. The summed E-state index contributed by atoms with van der Waals surface area (Å²) in [5.41, 5.74) is -0.312. The summed E-state index contributed by atoms with van der Waals surface area (Å²) in [6.07, 6.45) is -3.09. The molecular weight excluding hydrogens is 480 g/mol. The minimum Gasteiger partial charge on any atom is -0.453 e. The monoisotopic (exact) mass is 509 g/mol. The molecule has 2 heterocycles. The van der Waals surface area contributed by atoms with Gasteiger partial charge in [-0.1, -0.05) is 50.1 Å². The number of rotatable bonds is 11. The van der Waals surface area contributed by atoms with E-state index < -0.39 is 48.7 Å². The maximum absolute atomic E-state index is 15.2. The molecule has 0 radical (unpaired) electrons. The molecule has 1 aromatic carbocycles. The molecule has 196 valence electrons. The molecule has 1 aliphatic heterocycles. The third-order valence-electron chi connectivity index (χ3n) is 5.54. The summed E-state index contributed by atoms with van der Waals surface area (Å²) < 4.78 is 46.1. The zero-order valence-electron chi connectivity index (χ0n) is 19.8. The number of carbonyl (C=O) groups excluding carboxylic acids is 2. The van der Waals surface area contributed by atoms with Crippen molar-refractivity contribution in [2.45, 2.75) is 63.4 Å². The van der Waals surface area contributed by atoms with Crippen molar-refractivity contribution in [3.05, 3.63) is 58.6 Å². The van der Waals surface area contributed by atoms with E-state index in [-0.39, 0.29) is 25.3 Å². The number of nitrogens with zero attached hydrogens (tertiary/aromatic N) is 2. The van der Waals surface area contributed by atoms with Crippen LogP contribution in [0.3, 0.4) is 0 Å². The fraction of sp³-hybridized carbons (Fsp3) is 0.500. The van der Waals surface area contributed by atoms with Gasteiger partial charge in [-0.3, -0.25) is 14.7 Å². The number of benzene rings is 1. The molecular formula is C24H29F2N3O7. The average Bonchev–Trinajstić information content (AvgIpc) is 3.10. The number of aliphatic hydroxyl groups excluding tert-OH is 1. The molecule has 1 fully saturated rings. The van der Waals surface area contributed by atoms with E-state index in [2.05, 4.69) is 10.3 Å². The molecule has 10 nitrogen and oxygen atoms in total. The van der Waals surface area contributed by atoms with Crippen LogP contribution in [0, 0.1) is 0 Å². The van der Waals surface area contributed by atoms with Crippen LogP contribution in [0.1, 0.15) is 44.4 Å². The Morgan fingerprint density at radius 1 is 1.22 bits per heavy atom. The van der Waals surface area contributed by atoms with Crippen molar-refractivity contribution < 1.29 is 37.7 Å². The molecule has 2 aromatic rings. The second-order valence-electron chi connectivity index (χ2n) is 8.25. The largest absolute Gasteiger partial charge is 0.453 e. The van der Waals surface area contributed by atoms with E-state index in [1.54, 1.807) is 24.3 Å². The van der Waals surface area contributed by atoms with Crippen LogP contribution in [0.5, 0.6) is 0 Å². The lowest BCUT2D eigenvalue weighted by molar-refractivity contribution is -0.176. The van der Waals surface area contributed by atoms with Gasteiger partial charge in [-0.15, -0.1) is 0 Å². The molecule has 3 rings (SSSR count). The number of anilines is 1. The number of ether oxygens (including phenoxy) is 3. The number of halogens is 2. The zero-order valence-corrected chi connectivity index (χ0v) is 19.8. The molecule has 1 saturated heterocycles. The van der Waals surface area contributed by atoms with Crippen molar-refractivity contribution in [3.63, 3.8) is 0 Å². The van der Waals surface area contributed by atoms with Crippen LogP contribution in [0.25, 0.3) is 0 Å². The number of nitrogens with one attached hydrogen (secondary N) is 1. The highest BCUT2D eigenvalue weighted by Crippen LogP contribution is 2.44. The van der Waals surface area contributed by atoms with Gasteiger partial charge in [0.15, 0.2) is 6.10 Å². The maximum atomic E-state index is 15.2. The standard InChI is InChI=1S/C24H29F2N3O7/c1-2-3-7-14-34-23(33)28-18-12-13-29(22(32)27-18)21-24(25,26)20(17(15-30)35-21)36-19(31)11-10-16-8-5-4-6-9-16/h4-6,8-9,12-13,17,20-21,30H,2-3,7,10-11,14-15H2,1H3,(H,27,28,32,33)/t17-,20-,21-/m1/s1. The molecule has 0 aliphatic carbocycles. The number of aliphatic hydroxyl groups is 1. The Bertz CT molecular complexity index is 1080. The average molecular weight is 510 g/mol. The van der Waals surface area contributed by atoms with Crippen molar-refractivity contribution >= 4 is 17.9 Å². The maximum Gasteiger partial charge on any atom is 0.412 e. The summed E-state index contributed by atoms with van der Waals surface area (Å²) >= 11 is 0. The zero-order chi connectivity index (χ0) is 26.1. The van der Waals surface area contributed by atoms with Gasteiger partial charge in [0.25, 0.3) is 0 Å². The molecule has 0 bridgehead atoms. The van der Waals surface area contributed by atoms with Crippen molar-refractivity contribution in [2.75, 3.05) is 18.5 Å². The number of aryl methyl sites for hydroxylation is 1. The normalized spacial score (nSPS) is 20.6. The fourth-order valence-corrected chi connectivity index (χ4v) is 3.67. The Labute approximate surface area is 206 Å². The first-order chi connectivity index (χ1) is 17.3. The van der Waals surface area contributed by atoms with E-state index >= 15 is 8.78 Å². The number of alkyl halides is 2. The Morgan fingerprint density at radius 2 is 1.97 bits per heavy atom. The van der Waals surface area contributed by atoms with E-state index in [1.807, 2.05) is 13.0 Å². The highest BCUT2D eigenvalue weighted by molar-refractivity contribution is 5.83. The van der Waals surface area contributed by atoms with Crippen LogP contribution >= 0.6 is 0 Å². The first-order valence-corrected chi connectivity index (χ1v) is 11.7. The first-order valence-electron chi connectivity index (χ1n) is 11.7. The van der Waals surface area contributed by atoms with Crippen LogP contribution in [0.4, 0.5) is 19.4 Å². The molecule has 1 aliphatic rings. The lowest BCUT2D eigenvalue weighted by atomic mass is 10.1. The number of hydrogen-bond donors (Lipinski definition) is 2. The third-order valence-corrected chi connectivity index (χ3v) is 5.54. The molecule has 0 spiro atoms. The van der Waals surface area contributed by atoms with Crippen molar-refractivity contribution in [1.29, 1.82) is 0 Å². The van der Waals surface area contributed by atoms with Crippen LogP contribution in [0.2, 0.25) is 0 Å². The highest BCUT2D eigenvalue weighted by Gasteiger charge is 2.62. The molecule has 36 heavy (non-hydrogen) atoms. The topological polar surface area (TPSA) is 129 Å². The molecule has 12 heteroatoms. The number of hydrogen-bond acceptors (Lipinski definition) is 8. The van der Waals surface area contributed by atoms with Gasteiger partial charge in [-0.25, -0.2) is 9.59 Å². The van der Waals surface area contributed by atoms with Gasteiger partial charge < -0.3 is 19.3 Å². The van der Waals surface area contributed by atoms with Crippen molar-refractivity contribution in [1.82, 2.24) is 9.55 Å². The Morgan fingerprint density at radius 3 is 2.64 bits per heavy atom. The van der Waals surface area contributed by atoms with Crippen molar-refractivity contribution in [3.8, 4) is 0 Å². The molecule has 2 N–H and O–H groups in total. The second kappa shape index (κ2) is 12.5. The van der Waals surface area contributed by atoms with Gasteiger partial charge in [-0.2, -0.15) is 13.8 Å². The molecule has 0 saturated carbocycles.